The number of aliphatic hydroxyl groups is 1. The molecule has 5 heteroatoms. The van der Waals surface area contributed by atoms with E-state index in [0.29, 0.717) is 12.1 Å². The van der Waals surface area contributed by atoms with Crippen molar-refractivity contribution >= 4 is 17.7 Å². The van der Waals surface area contributed by atoms with Crippen LogP contribution in [0.15, 0.2) is 23.0 Å². The van der Waals surface area contributed by atoms with Gasteiger partial charge in [0.25, 0.3) is 5.91 Å². The van der Waals surface area contributed by atoms with Gasteiger partial charge < -0.3 is 14.8 Å². The molecular weight excluding hydrogens is 214 g/mol. The van der Waals surface area contributed by atoms with Crippen LogP contribution in [-0.2, 0) is 0 Å². The minimum atomic E-state index is -0.105. The summed E-state index contributed by atoms with van der Waals surface area (Å²) in [5.41, 5.74) is 0.551. The normalized spacial score (nSPS) is 10.2. The molecule has 84 valence electrons. The van der Waals surface area contributed by atoms with Gasteiger partial charge in [-0.2, -0.15) is 11.8 Å². The van der Waals surface area contributed by atoms with Gasteiger partial charge in [0.15, 0.2) is 0 Å². The molecule has 0 fully saturated rings. The van der Waals surface area contributed by atoms with E-state index in [1.54, 1.807) is 17.8 Å². The van der Waals surface area contributed by atoms with E-state index in [1.165, 1.54) is 12.5 Å². The highest BCUT2D eigenvalue weighted by molar-refractivity contribution is 7.99. The van der Waals surface area contributed by atoms with Crippen molar-refractivity contribution in [1.82, 2.24) is 5.32 Å². The standard InChI is InChI=1S/C10H15NO3S/c12-4-1-6-15-7-3-11-10(13)9-2-5-14-8-9/h2,5,8,12H,1,3-4,6-7H2,(H,11,13). The minimum Gasteiger partial charge on any atom is -0.472 e. The molecular formula is C10H15NO3S. The number of carbonyl (C=O) groups excluding carboxylic acids is 1. The highest BCUT2D eigenvalue weighted by atomic mass is 32.2. The van der Waals surface area contributed by atoms with Gasteiger partial charge in [0, 0.05) is 18.9 Å². The summed E-state index contributed by atoms with van der Waals surface area (Å²) >= 11 is 1.72. The average molecular weight is 229 g/mol. The number of hydrogen-bond acceptors (Lipinski definition) is 4. The molecule has 0 aliphatic carbocycles. The Morgan fingerprint density at radius 1 is 1.53 bits per heavy atom. The van der Waals surface area contributed by atoms with Crippen LogP contribution >= 0.6 is 11.8 Å². The summed E-state index contributed by atoms with van der Waals surface area (Å²) in [6.45, 7) is 0.870. The number of furan rings is 1. The van der Waals surface area contributed by atoms with Crippen LogP contribution < -0.4 is 5.32 Å². The highest BCUT2D eigenvalue weighted by Gasteiger charge is 2.04. The molecule has 0 bridgehead atoms. The van der Waals surface area contributed by atoms with Gasteiger partial charge in [-0.15, -0.1) is 0 Å². The van der Waals surface area contributed by atoms with Gasteiger partial charge in [0.05, 0.1) is 11.8 Å². The second-order valence-corrected chi connectivity index (χ2v) is 4.18. The number of thioether (sulfide) groups is 1. The van der Waals surface area contributed by atoms with Gasteiger partial charge in [-0.25, -0.2) is 0 Å². The lowest BCUT2D eigenvalue weighted by Gasteiger charge is -2.02. The predicted molar refractivity (Wildman–Crippen MR) is 60.1 cm³/mol. The first kappa shape index (κ1) is 12.1. The third-order valence-corrected chi connectivity index (χ3v) is 2.83. The Morgan fingerprint density at radius 3 is 3.07 bits per heavy atom. The van der Waals surface area contributed by atoms with E-state index in [-0.39, 0.29) is 12.5 Å². The van der Waals surface area contributed by atoms with Gasteiger partial charge in [0.1, 0.15) is 6.26 Å². The first-order valence-corrected chi connectivity index (χ1v) is 5.99. The largest absolute Gasteiger partial charge is 0.472 e. The Labute approximate surface area is 93.0 Å². The Bertz CT molecular complexity index is 274. The second kappa shape index (κ2) is 7.36. The number of rotatable bonds is 7. The fraction of sp³-hybridized carbons (Fsp3) is 0.500. The summed E-state index contributed by atoms with van der Waals surface area (Å²) in [6, 6.07) is 1.63. The van der Waals surface area contributed by atoms with Crippen molar-refractivity contribution in [3.63, 3.8) is 0 Å². The van der Waals surface area contributed by atoms with Crippen molar-refractivity contribution in [2.75, 3.05) is 24.7 Å². The molecule has 4 nitrogen and oxygen atoms in total. The van der Waals surface area contributed by atoms with Gasteiger partial charge in [-0.1, -0.05) is 0 Å². The van der Waals surface area contributed by atoms with Crippen LogP contribution in [0.2, 0.25) is 0 Å². The van der Waals surface area contributed by atoms with E-state index in [9.17, 15) is 4.79 Å². The molecule has 0 radical (unpaired) electrons. The fourth-order valence-electron chi connectivity index (χ4n) is 1.00. The van der Waals surface area contributed by atoms with Crippen molar-refractivity contribution in [2.24, 2.45) is 0 Å². The van der Waals surface area contributed by atoms with E-state index in [1.807, 2.05) is 0 Å². The molecule has 0 aromatic carbocycles. The zero-order chi connectivity index (χ0) is 10.9. The summed E-state index contributed by atoms with van der Waals surface area (Å²) in [6.07, 6.45) is 3.71. The molecule has 0 saturated heterocycles. The smallest absolute Gasteiger partial charge is 0.254 e. The molecule has 1 rings (SSSR count). The molecule has 0 saturated carbocycles. The summed E-state index contributed by atoms with van der Waals surface area (Å²) in [4.78, 5) is 11.4. The molecule has 1 aromatic heterocycles. The summed E-state index contributed by atoms with van der Waals surface area (Å²) < 4.78 is 4.80. The van der Waals surface area contributed by atoms with Gasteiger partial charge in [-0.05, 0) is 18.2 Å². The van der Waals surface area contributed by atoms with Crippen LogP contribution in [0.4, 0.5) is 0 Å². The highest BCUT2D eigenvalue weighted by Crippen LogP contribution is 2.01. The molecule has 0 spiro atoms. The van der Waals surface area contributed by atoms with Crippen LogP contribution in [0.3, 0.4) is 0 Å². The lowest BCUT2D eigenvalue weighted by atomic mass is 10.3. The van der Waals surface area contributed by atoms with Crippen LogP contribution in [0, 0.1) is 0 Å². The molecule has 1 amide bonds. The van der Waals surface area contributed by atoms with Crippen molar-refractivity contribution in [3.8, 4) is 0 Å². The summed E-state index contributed by atoms with van der Waals surface area (Å²) in [5.74, 6) is 1.69. The van der Waals surface area contributed by atoms with Crippen molar-refractivity contribution < 1.29 is 14.3 Å². The van der Waals surface area contributed by atoms with E-state index in [0.717, 1.165) is 17.9 Å². The second-order valence-electron chi connectivity index (χ2n) is 2.96. The number of amides is 1. The maximum atomic E-state index is 11.4. The molecule has 1 heterocycles. The molecule has 0 unspecified atom stereocenters. The maximum Gasteiger partial charge on any atom is 0.254 e. The molecule has 0 aliphatic rings. The third-order valence-electron chi connectivity index (χ3n) is 1.76. The van der Waals surface area contributed by atoms with Crippen molar-refractivity contribution in [2.45, 2.75) is 6.42 Å². The van der Waals surface area contributed by atoms with E-state index in [2.05, 4.69) is 5.32 Å². The van der Waals surface area contributed by atoms with E-state index < -0.39 is 0 Å². The Kier molecular flexibility index (Phi) is 5.96. The monoisotopic (exact) mass is 229 g/mol. The Balaban J connectivity index is 2.03. The van der Waals surface area contributed by atoms with Gasteiger partial charge >= 0.3 is 0 Å². The maximum absolute atomic E-state index is 11.4. The minimum absolute atomic E-state index is 0.105. The predicted octanol–water partition coefficient (Wildman–Crippen LogP) is 1.13. The first-order valence-electron chi connectivity index (χ1n) is 4.83. The van der Waals surface area contributed by atoms with Crippen LogP contribution in [0.25, 0.3) is 0 Å². The third kappa shape index (κ3) is 4.90. The Hall–Kier alpha value is -0.940. The number of carbonyl (C=O) groups is 1. The van der Waals surface area contributed by atoms with E-state index in [4.69, 9.17) is 9.52 Å². The lowest BCUT2D eigenvalue weighted by molar-refractivity contribution is 0.0955. The van der Waals surface area contributed by atoms with Crippen LogP contribution in [0.5, 0.6) is 0 Å². The number of nitrogens with one attached hydrogen (secondary N) is 1. The van der Waals surface area contributed by atoms with Gasteiger partial charge in [-0.3, -0.25) is 4.79 Å². The topological polar surface area (TPSA) is 62.5 Å². The number of aliphatic hydroxyl groups excluding tert-OH is 1. The molecule has 0 aliphatic heterocycles. The zero-order valence-corrected chi connectivity index (χ0v) is 9.26. The van der Waals surface area contributed by atoms with Crippen LogP contribution in [0.1, 0.15) is 16.8 Å². The molecule has 2 N–H and O–H groups in total. The quantitative estimate of drug-likeness (QED) is 0.688. The summed E-state index contributed by atoms with van der Waals surface area (Å²) in [7, 11) is 0. The van der Waals surface area contributed by atoms with Crippen molar-refractivity contribution in [3.05, 3.63) is 24.2 Å². The number of hydrogen-bond donors (Lipinski definition) is 2. The zero-order valence-electron chi connectivity index (χ0n) is 8.44. The van der Waals surface area contributed by atoms with E-state index >= 15 is 0 Å². The first-order chi connectivity index (χ1) is 7.34. The SMILES string of the molecule is O=C(NCCSCCCO)c1ccoc1. The Morgan fingerprint density at radius 2 is 2.40 bits per heavy atom. The van der Waals surface area contributed by atoms with Gasteiger partial charge in [0.2, 0.25) is 0 Å². The molecule has 0 atom stereocenters. The molecule has 15 heavy (non-hydrogen) atoms. The fourth-order valence-corrected chi connectivity index (χ4v) is 1.78. The lowest BCUT2D eigenvalue weighted by Crippen LogP contribution is -2.25. The average Bonchev–Trinajstić information content (AvgIpc) is 2.76. The van der Waals surface area contributed by atoms with Crippen molar-refractivity contribution in [1.29, 1.82) is 0 Å². The molecule has 1 aromatic rings. The van der Waals surface area contributed by atoms with Crippen LogP contribution in [-0.4, -0.2) is 35.7 Å². The summed E-state index contributed by atoms with van der Waals surface area (Å²) in [5, 5.41) is 11.3.